The fourth-order valence-electron chi connectivity index (χ4n) is 2.70. The minimum Gasteiger partial charge on any atom is -0.342 e. The third kappa shape index (κ3) is 4.20. The van der Waals surface area contributed by atoms with Crippen molar-refractivity contribution >= 4 is 11.8 Å². The Kier molecular flexibility index (Phi) is 6.46. The van der Waals surface area contributed by atoms with Crippen LogP contribution < -0.4 is 5.32 Å². The first kappa shape index (κ1) is 17.0. The van der Waals surface area contributed by atoms with Gasteiger partial charge in [0.25, 0.3) is 0 Å². The van der Waals surface area contributed by atoms with Crippen LogP contribution in [0.25, 0.3) is 0 Å². The molecule has 116 valence electrons. The fraction of sp³-hybridized carbons (Fsp3) is 0.867. The summed E-state index contributed by atoms with van der Waals surface area (Å²) in [7, 11) is 4.11. The van der Waals surface area contributed by atoms with Crippen LogP contribution in [0.1, 0.15) is 46.0 Å². The van der Waals surface area contributed by atoms with E-state index in [0.717, 1.165) is 25.9 Å². The second-order valence-corrected chi connectivity index (χ2v) is 5.89. The van der Waals surface area contributed by atoms with E-state index in [0.29, 0.717) is 25.8 Å². The van der Waals surface area contributed by atoms with Gasteiger partial charge in [0, 0.05) is 19.5 Å². The van der Waals surface area contributed by atoms with Crippen molar-refractivity contribution in [2.45, 2.75) is 51.5 Å². The number of amides is 2. The molecule has 1 N–H and O–H groups in total. The van der Waals surface area contributed by atoms with Gasteiger partial charge in [-0.15, -0.1) is 0 Å². The quantitative estimate of drug-likeness (QED) is 0.715. The topological polar surface area (TPSA) is 52.7 Å². The summed E-state index contributed by atoms with van der Waals surface area (Å²) >= 11 is 0. The van der Waals surface area contributed by atoms with E-state index in [-0.39, 0.29) is 11.8 Å². The highest BCUT2D eigenvalue weighted by Gasteiger charge is 2.41. The molecule has 0 aromatic carbocycles. The second-order valence-electron chi connectivity index (χ2n) is 5.89. The lowest BCUT2D eigenvalue weighted by Crippen LogP contribution is -2.56. The van der Waals surface area contributed by atoms with Crippen LogP contribution in [0.5, 0.6) is 0 Å². The highest BCUT2D eigenvalue weighted by Crippen LogP contribution is 2.22. The predicted molar refractivity (Wildman–Crippen MR) is 80.4 cm³/mol. The van der Waals surface area contributed by atoms with E-state index in [1.54, 1.807) is 0 Å². The van der Waals surface area contributed by atoms with Gasteiger partial charge in [0.15, 0.2) is 0 Å². The van der Waals surface area contributed by atoms with Gasteiger partial charge in [-0.3, -0.25) is 9.59 Å². The molecule has 0 spiro atoms. The summed E-state index contributed by atoms with van der Waals surface area (Å²) in [4.78, 5) is 28.6. The van der Waals surface area contributed by atoms with E-state index in [9.17, 15) is 9.59 Å². The van der Waals surface area contributed by atoms with Crippen LogP contribution in [0.3, 0.4) is 0 Å². The molecule has 1 aliphatic heterocycles. The van der Waals surface area contributed by atoms with Gasteiger partial charge in [-0.25, -0.2) is 0 Å². The zero-order chi connectivity index (χ0) is 15.2. The highest BCUT2D eigenvalue weighted by molar-refractivity contribution is 5.93. The molecule has 0 saturated carbocycles. The first-order chi connectivity index (χ1) is 9.45. The van der Waals surface area contributed by atoms with Crippen LogP contribution in [-0.4, -0.2) is 60.9 Å². The number of nitrogens with zero attached hydrogens (tertiary/aromatic N) is 2. The summed E-state index contributed by atoms with van der Waals surface area (Å²) in [6.45, 7) is 6.28. The van der Waals surface area contributed by atoms with Gasteiger partial charge < -0.3 is 15.1 Å². The molecule has 5 heteroatoms. The molecule has 1 saturated heterocycles. The second kappa shape index (κ2) is 7.62. The van der Waals surface area contributed by atoms with Crippen LogP contribution >= 0.6 is 0 Å². The molecule has 0 aromatic rings. The number of rotatable bonds is 7. The van der Waals surface area contributed by atoms with Crippen LogP contribution in [0.4, 0.5) is 0 Å². The molecule has 0 aromatic heterocycles. The largest absolute Gasteiger partial charge is 0.342 e. The minimum absolute atomic E-state index is 0.00200. The van der Waals surface area contributed by atoms with Crippen LogP contribution in [0.2, 0.25) is 0 Å². The summed E-state index contributed by atoms with van der Waals surface area (Å²) in [6, 6.07) is 0. The highest BCUT2D eigenvalue weighted by atomic mass is 16.2. The van der Waals surface area contributed by atoms with E-state index in [2.05, 4.69) is 24.3 Å². The Hall–Kier alpha value is -1.10. The molecular formula is C15H29N3O2. The van der Waals surface area contributed by atoms with Crippen molar-refractivity contribution < 1.29 is 9.59 Å². The molecule has 0 radical (unpaired) electrons. The van der Waals surface area contributed by atoms with Crippen molar-refractivity contribution in [1.29, 1.82) is 0 Å². The zero-order valence-electron chi connectivity index (χ0n) is 13.4. The summed E-state index contributed by atoms with van der Waals surface area (Å²) in [5.74, 6) is 0.0936. The van der Waals surface area contributed by atoms with Crippen molar-refractivity contribution in [1.82, 2.24) is 15.1 Å². The third-order valence-electron chi connectivity index (χ3n) is 4.17. The van der Waals surface area contributed by atoms with E-state index in [1.807, 2.05) is 18.7 Å². The standard InChI is InChI=1S/C15H29N3O2/c1-5-15(6-2)14(20)18(12-9-13(19)16-15)11-8-7-10-17(3)4/h5-12H2,1-4H3,(H,16,19). The zero-order valence-corrected chi connectivity index (χ0v) is 13.4. The molecule has 1 fully saturated rings. The number of hydrogen-bond acceptors (Lipinski definition) is 3. The van der Waals surface area contributed by atoms with Gasteiger partial charge in [-0.1, -0.05) is 13.8 Å². The Labute approximate surface area is 122 Å². The maximum absolute atomic E-state index is 12.7. The molecule has 20 heavy (non-hydrogen) atoms. The Morgan fingerprint density at radius 2 is 1.85 bits per heavy atom. The normalized spacial score (nSPS) is 19.1. The lowest BCUT2D eigenvalue weighted by atomic mass is 9.91. The van der Waals surface area contributed by atoms with Crippen molar-refractivity contribution in [2.24, 2.45) is 0 Å². The van der Waals surface area contributed by atoms with Gasteiger partial charge in [0.2, 0.25) is 11.8 Å². The van der Waals surface area contributed by atoms with E-state index >= 15 is 0 Å². The molecule has 0 aliphatic carbocycles. The SMILES string of the molecule is CCC1(CC)NC(=O)CCN(CCCCN(C)C)C1=O. The van der Waals surface area contributed by atoms with Gasteiger partial charge >= 0.3 is 0 Å². The summed E-state index contributed by atoms with van der Waals surface area (Å²) in [5, 5.41) is 2.94. The average Bonchev–Trinajstić information content (AvgIpc) is 2.54. The Morgan fingerprint density at radius 1 is 1.20 bits per heavy atom. The van der Waals surface area contributed by atoms with Crippen LogP contribution in [0.15, 0.2) is 0 Å². The molecule has 0 unspecified atom stereocenters. The minimum atomic E-state index is -0.685. The third-order valence-corrected chi connectivity index (χ3v) is 4.17. The molecular weight excluding hydrogens is 254 g/mol. The first-order valence-electron chi connectivity index (χ1n) is 7.70. The number of nitrogens with one attached hydrogen (secondary N) is 1. The molecule has 1 rings (SSSR count). The molecule has 1 aliphatic rings. The van der Waals surface area contributed by atoms with E-state index in [4.69, 9.17) is 0 Å². The molecule has 5 nitrogen and oxygen atoms in total. The smallest absolute Gasteiger partial charge is 0.248 e. The van der Waals surface area contributed by atoms with Gasteiger partial charge in [-0.05, 0) is 46.3 Å². The summed E-state index contributed by atoms with van der Waals surface area (Å²) in [6.07, 6.45) is 3.79. The average molecular weight is 283 g/mol. The van der Waals surface area contributed by atoms with Crippen molar-refractivity contribution in [2.75, 3.05) is 33.7 Å². The van der Waals surface area contributed by atoms with Gasteiger partial charge in [0.05, 0.1) is 0 Å². The van der Waals surface area contributed by atoms with Gasteiger partial charge in [0.1, 0.15) is 5.54 Å². The van der Waals surface area contributed by atoms with Crippen molar-refractivity contribution in [3.63, 3.8) is 0 Å². The Balaban J connectivity index is 2.65. The predicted octanol–water partition coefficient (Wildman–Crippen LogP) is 1.24. The number of carbonyl (C=O) groups is 2. The molecule has 0 atom stereocenters. The molecule has 0 bridgehead atoms. The Morgan fingerprint density at radius 3 is 2.40 bits per heavy atom. The fourth-order valence-corrected chi connectivity index (χ4v) is 2.70. The van der Waals surface area contributed by atoms with Crippen molar-refractivity contribution in [3.8, 4) is 0 Å². The number of unbranched alkanes of at least 4 members (excludes halogenated alkanes) is 1. The molecule has 1 heterocycles. The van der Waals surface area contributed by atoms with E-state index < -0.39 is 5.54 Å². The van der Waals surface area contributed by atoms with E-state index in [1.165, 1.54) is 0 Å². The number of hydrogen-bond donors (Lipinski definition) is 1. The monoisotopic (exact) mass is 283 g/mol. The summed E-state index contributed by atoms with van der Waals surface area (Å²) in [5.41, 5.74) is -0.685. The Bertz CT molecular complexity index is 338. The van der Waals surface area contributed by atoms with Crippen molar-refractivity contribution in [3.05, 3.63) is 0 Å². The maximum atomic E-state index is 12.7. The summed E-state index contributed by atoms with van der Waals surface area (Å²) < 4.78 is 0. The number of carbonyl (C=O) groups excluding carboxylic acids is 2. The molecule has 2 amide bonds. The van der Waals surface area contributed by atoms with Crippen LogP contribution in [-0.2, 0) is 9.59 Å². The maximum Gasteiger partial charge on any atom is 0.248 e. The lowest BCUT2D eigenvalue weighted by molar-refractivity contribution is -0.139. The van der Waals surface area contributed by atoms with Gasteiger partial charge in [-0.2, -0.15) is 0 Å². The van der Waals surface area contributed by atoms with Crippen LogP contribution in [0, 0.1) is 0 Å². The lowest BCUT2D eigenvalue weighted by Gasteiger charge is -2.33. The first-order valence-corrected chi connectivity index (χ1v) is 7.70.